The lowest BCUT2D eigenvalue weighted by Gasteiger charge is -2.20. The molecule has 0 bridgehead atoms. The summed E-state index contributed by atoms with van der Waals surface area (Å²) in [5, 5.41) is 2.85. The number of hydrogen-bond acceptors (Lipinski definition) is 4. The summed E-state index contributed by atoms with van der Waals surface area (Å²) < 4.78 is 4.95. The van der Waals surface area contributed by atoms with Crippen LogP contribution < -0.4 is 10.1 Å². The third-order valence-electron chi connectivity index (χ3n) is 3.77. The van der Waals surface area contributed by atoms with E-state index in [2.05, 4.69) is 10.3 Å². The molecule has 120 valence electrons. The Labute approximate surface area is 130 Å². The maximum Gasteiger partial charge on any atom is 0.252 e. The Balaban J connectivity index is 1.71. The molecule has 1 N–H and O–H groups in total. The fraction of sp³-hybridized carbons (Fsp3) is 0.562. The molecule has 22 heavy (non-hydrogen) atoms. The summed E-state index contributed by atoms with van der Waals surface area (Å²) in [6.07, 6.45) is 6.12. The Bertz CT molecular complexity index is 502. The number of aromatic nitrogens is 1. The number of methoxy groups -OCH3 is 1. The lowest BCUT2D eigenvalue weighted by atomic mass is 10.2. The lowest BCUT2D eigenvalue weighted by molar-refractivity contribution is -0.130. The van der Waals surface area contributed by atoms with E-state index in [0.717, 1.165) is 32.2 Å². The molecular formula is C16H23N3O3. The van der Waals surface area contributed by atoms with Gasteiger partial charge in [-0.15, -0.1) is 0 Å². The quantitative estimate of drug-likeness (QED) is 0.811. The molecule has 1 saturated heterocycles. The normalized spacial score (nSPS) is 15.3. The van der Waals surface area contributed by atoms with Gasteiger partial charge >= 0.3 is 0 Å². The minimum atomic E-state index is -0.155. The van der Waals surface area contributed by atoms with Crippen molar-refractivity contribution in [3.8, 4) is 5.88 Å². The van der Waals surface area contributed by atoms with Crippen LogP contribution in [0.5, 0.6) is 5.88 Å². The van der Waals surface area contributed by atoms with Crippen LogP contribution in [0, 0.1) is 0 Å². The average molecular weight is 305 g/mol. The van der Waals surface area contributed by atoms with Gasteiger partial charge in [-0.1, -0.05) is 6.42 Å². The smallest absolute Gasteiger partial charge is 0.252 e. The molecule has 0 radical (unpaired) electrons. The molecule has 6 nitrogen and oxygen atoms in total. The summed E-state index contributed by atoms with van der Waals surface area (Å²) in [6, 6.07) is 3.34. The molecule has 2 rings (SSSR count). The van der Waals surface area contributed by atoms with Gasteiger partial charge in [-0.3, -0.25) is 9.59 Å². The van der Waals surface area contributed by atoms with Crippen molar-refractivity contribution < 1.29 is 14.3 Å². The van der Waals surface area contributed by atoms with E-state index in [1.165, 1.54) is 13.3 Å². The fourth-order valence-electron chi connectivity index (χ4n) is 2.48. The van der Waals surface area contributed by atoms with Gasteiger partial charge < -0.3 is 15.0 Å². The molecule has 1 aromatic rings. The van der Waals surface area contributed by atoms with Crippen LogP contribution in [0.15, 0.2) is 18.3 Å². The standard InChI is InChI=1S/C16H23N3O3/c1-22-14-8-7-13(12-18-14)16(21)17-9-5-11-19-10-4-2-3-6-15(19)20/h7-8,12H,2-6,9-11H2,1H3,(H,17,21). The van der Waals surface area contributed by atoms with Crippen molar-refractivity contribution in [1.29, 1.82) is 0 Å². The summed E-state index contributed by atoms with van der Waals surface area (Å²) in [4.78, 5) is 29.7. The van der Waals surface area contributed by atoms with Gasteiger partial charge in [-0.25, -0.2) is 4.98 Å². The van der Waals surface area contributed by atoms with E-state index in [4.69, 9.17) is 4.74 Å². The number of carbonyl (C=O) groups excluding carboxylic acids is 2. The van der Waals surface area contributed by atoms with E-state index in [1.807, 2.05) is 4.90 Å². The van der Waals surface area contributed by atoms with Gasteiger partial charge in [0, 0.05) is 38.3 Å². The molecule has 0 spiro atoms. The minimum absolute atomic E-state index is 0.155. The summed E-state index contributed by atoms with van der Waals surface area (Å²) in [5.41, 5.74) is 0.506. The Hall–Kier alpha value is -2.11. The van der Waals surface area contributed by atoms with Crippen molar-refractivity contribution in [3.63, 3.8) is 0 Å². The molecule has 6 heteroatoms. The van der Waals surface area contributed by atoms with Gasteiger partial charge in [0.2, 0.25) is 11.8 Å². The highest BCUT2D eigenvalue weighted by Crippen LogP contribution is 2.11. The molecule has 1 aliphatic heterocycles. The minimum Gasteiger partial charge on any atom is -0.481 e. The fourth-order valence-corrected chi connectivity index (χ4v) is 2.48. The van der Waals surface area contributed by atoms with Gasteiger partial charge in [0.15, 0.2) is 0 Å². The number of ether oxygens (including phenoxy) is 1. The molecule has 0 saturated carbocycles. The number of likely N-dealkylation sites (tertiary alicyclic amines) is 1. The zero-order chi connectivity index (χ0) is 15.8. The number of hydrogen-bond donors (Lipinski definition) is 1. The van der Waals surface area contributed by atoms with Gasteiger partial charge in [0.05, 0.1) is 12.7 Å². The molecule has 0 aromatic carbocycles. The van der Waals surface area contributed by atoms with E-state index >= 15 is 0 Å². The van der Waals surface area contributed by atoms with Crippen LogP contribution >= 0.6 is 0 Å². The van der Waals surface area contributed by atoms with Crippen LogP contribution in [-0.4, -0.2) is 48.4 Å². The van der Waals surface area contributed by atoms with Crippen molar-refractivity contribution in [2.24, 2.45) is 0 Å². The Morgan fingerprint density at radius 3 is 2.95 bits per heavy atom. The molecule has 1 fully saturated rings. The van der Waals surface area contributed by atoms with Crippen molar-refractivity contribution in [2.75, 3.05) is 26.7 Å². The highest BCUT2D eigenvalue weighted by Gasteiger charge is 2.15. The molecule has 1 aromatic heterocycles. The molecule has 1 aliphatic rings. The first kappa shape index (κ1) is 16.3. The van der Waals surface area contributed by atoms with Crippen LogP contribution in [-0.2, 0) is 4.79 Å². The maximum absolute atomic E-state index is 11.9. The van der Waals surface area contributed by atoms with E-state index in [9.17, 15) is 9.59 Å². The lowest BCUT2D eigenvalue weighted by Crippen LogP contribution is -2.34. The number of carbonyl (C=O) groups is 2. The Morgan fingerprint density at radius 2 is 2.23 bits per heavy atom. The number of amides is 2. The summed E-state index contributed by atoms with van der Waals surface area (Å²) in [5.74, 6) is 0.566. The Kier molecular flexibility index (Phi) is 6.18. The molecule has 0 unspecified atom stereocenters. The maximum atomic E-state index is 11.9. The predicted molar refractivity (Wildman–Crippen MR) is 82.8 cm³/mol. The van der Waals surface area contributed by atoms with Crippen molar-refractivity contribution in [3.05, 3.63) is 23.9 Å². The second-order valence-electron chi connectivity index (χ2n) is 5.39. The molecule has 2 amide bonds. The van der Waals surface area contributed by atoms with Gasteiger partial charge in [-0.05, 0) is 25.3 Å². The summed E-state index contributed by atoms with van der Waals surface area (Å²) in [7, 11) is 1.53. The highest BCUT2D eigenvalue weighted by atomic mass is 16.5. The first-order valence-corrected chi connectivity index (χ1v) is 7.76. The average Bonchev–Trinajstić information content (AvgIpc) is 2.76. The second-order valence-corrected chi connectivity index (χ2v) is 5.39. The largest absolute Gasteiger partial charge is 0.481 e. The molecule has 0 atom stereocenters. The number of pyridine rings is 1. The van der Waals surface area contributed by atoms with Crippen LogP contribution in [0.4, 0.5) is 0 Å². The van der Waals surface area contributed by atoms with E-state index in [-0.39, 0.29) is 11.8 Å². The van der Waals surface area contributed by atoms with Crippen molar-refractivity contribution in [1.82, 2.24) is 15.2 Å². The number of nitrogens with one attached hydrogen (secondary N) is 1. The van der Waals surface area contributed by atoms with Crippen molar-refractivity contribution >= 4 is 11.8 Å². The van der Waals surface area contributed by atoms with Crippen molar-refractivity contribution in [2.45, 2.75) is 32.1 Å². The van der Waals surface area contributed by atoms with Gasteiger partial charge in [-0.2, -0.15) is 0 Å². The summed E-state index contributed by atoms with van der Waals surface area (Å²) in [6.45, 7) is 2.10. The third kappa shape index (κ3) is 4.72. The van der Waals surface area contributed by atoms with Crippen LogP contribution in [0.2, 0.25) is 0 Å². The first-order valence-electron chi connectivity index (χ1n) is 7.76. The van der Waals surface area contributed by atoms with Crippen LogP contribution in [0.25, 0.3) is 0 Å². The first-order chi connectivity index (χ1) is 10.7. The predicted octanol–water partition coefficient (Wildman–Crippen LogP) is 1.61. The summed E-state index contributed by atoms with van der Waals surface area (Å²) >= 11 is 0. The van der Waals surface area contributed by atoms with E-state index < -0.39 is 0 Å². The molecular weight excluding hydrogens is 282 g/mol. The highest BCUT2D eigenvalue weighted by molar-refractivity contribution is 5.93. The van der Waals surface area contributed by atoms with E-state index in [1.54, 1.807) is 12.1 Å². The number of nitrogens with zero attached hydrogens (tertiary/aromatic N) is 2. The molecule has 2 heterocycles. The van der Waals surface area contributed by atoms with Gasteiger partial charge in [0.25, 0.3) is 5.91 Å². The second kappa shape index (κ2) is 8.36. The van der Waals surface area contributed by atoms with Gasteiger partial charge in [0.1, 0.15) is 0 Å². The third-order valence-corrected chi connectivity index (χ3v) is 3.77. The number of rotatable bonds is 6. The zero-order valence-electron chi connectivity index (χ0n) is 13.0. The van der Waals surface area contributed by atoms with Crippen LogP contribution in [0.3, 0.4) is 0 Å². The monoisotopic (exact) mass is 305 g/mol. The van der Waals surface area contributed by atoms with Crippen LogP contribution in [0.1, 0.15) is 42.5 Å². The topological polar surface area (TPSA) is 71.5 Å². The zero-order valence-corrected chi connectivity index (χ0v) is 13.0. The van der Waals surface area contributed by atoms with E-state index in [0.29, 0.717) is 31.0 Å². The Morgan fingerprint density at radius 1 is 1.36 bits per heavy atom. The molecule has 0 aliphatic carbocycles. The SMILES string of the molecule is COc1ccc(C(=O)NCCCN2CCCCCC2=O)cn1.